The fourth-order valence-electron chi connectivity index (χ4n) is 2.56. The highest BCUT2D eigenvalue weighted by atomic mass is 35.5. The van der Waals surface area contributed by atoms with Crippen LogP contribution in [0.1, 0.15) is 47.4 Å². The van der Waals surface area contributed by atoms with Crippen LogP contribution in [-0.4, -0.2) is 0 Å². The van der Waals surface area contributed by atoms with E-state index < -0.39 is 0 Å². The Bertz CT molecular complexity index is 368. The molecule has 1 heteroatoms. The van der Waals surface area contributed by atoms with Crippen LogP contribution in [0.4, 0.5) is 0 Å². The van der Waals surface area contributed by atoms with E-state index in [-0.39, 0.29) is 5.38 Å². The van der Waals surface area contributed by atoms with Crippen molar-refractivity contribution in [3.05, 3.63) is 34.4 Å². The maximum Gasteiger partial charge on any atom is 0.0621 e. The normalized spacial score (nSPS) is 30.5. The Kier molecular flexibility index (Phi) is 2.35. The van der Waals surface area contributed by atoms with Crippen molar-refractivity contribution in [1.29, 1.82) is 0 Å². The Morgan fingerprint density at radius 2 is 1.79 bits per heavy atom. The van der Waals surface area contributed by atoms with Crippen LogP contribution in [-0.2, 0) is 0 Å². The van der Waals surface area contributed by atoms with Gasteiger partial charge in [-0.25, -0.2) is 0 Å². The molecule has 0 spiro atoms. The lowest BCUT2D eigenvalue weighted by atomic mass is 9.95. The Hall–Kier alpha value is -0.490. The van der Waals surface area contributed by atoms with Crippen LogP contribution in [0.25, 0.3) is 0 Å². The van der Waals surface area contributed by atoms with Crippen molar-refractivity contribution in [2.24, 2.45) is 5.92 Å². The van der Waals surface area contributed by atoms with Gasteiger partial charge in [-0.3, -0.25) is 0 Å². The number of fused-ring (bicyclic) bond motifs is 1. The lowest BCUT2D eigenvalue weighted by Crippen LogP contribution is -2.00. The third-order valence-corrected chi connectivity index (χ3v) is 4.20. The van der Waals surface area contributed by atoms with E-state index in [0.717, 1.165) is 0 Å². The molecule has 2 rings (SSSR count). The summed E-state index contributed by atoms with van der Waals surface area (Å²) in [5.41, 5.74) is 5.56. The fourth-order valence-corrected chi connectivity index (χ4v) is 3.08. The summed E-state index contributed by atoms with van der Waals surface area (Å²) >= 11 is 6.45. The first-order valence-electron chi connectivity index (χ1n) is 5.27. The topological polar surface area (TPSA) is 0 Å². The highest BCUT2D eigenvalue weighted by Crippen LogP contribution is 2.49. The van der Waals surface area contributed by atoms with Crippen LogP contribution in [0.5, 0.6) is 0 Å². The van der Waals surface area contributed by atoms with E-state index >= 15 is 0 Å². The quantitative estimate of drug-likeness (QED) is 0.557. The second-order valence-electron chi connectivity index (χ2n) is 4.63. The summed E-state index contributed by atoms with van der Waals surface area (Å²) in [6.07, 6.45) is 0. The summed E-state index contributed by atoms with van der Waals surface area (Å²) in [5, 5.41) is 0.209. The molecule has 0 heterocycles. The van der Waals surface area contributed by atoms with Gasteiger partial charge in [-0.1, -0.05) is 31.5 Å². The van der Waals surface area contributed by atoms with Gasteiger partial charge in [0.05, 0.1) is 5.38 Å². The second-order valence-corrected chi connectivity index (χ2v) is 5.10. The van der Waals surface area contributed by atoms with Crippen LogP contribution >= 0.6 is 11.6 Å². The van der Waals surface area contributed by atoms with Gasteiger partial charge in [0.2, 0.25) is 0 Å². The van der Waals surface area contributed by atoms with Gasteiger partial charge < -0.3 is 0 Å². The number of aryl methyl sites for hydroxylation is 2. The minimum Gasteiger partial charge on any atom is -0.117 e. The number of alkyl halides is 1. The van der Waals surface area contributed by atoms with E-state index in [1.807, 2.05) is 0 Å². The van der Waals surface area contributed by atoms with Crippen molar-refractivity contribution in [3.63, 3.8) is 0 Å². The van der Waals surface area contributed by atoms with Gasteiger partial charge in [0.15, 0.2) is 0 Å². The first-order valence-corrected chi connectivity index (χ1v) is 5.71. The first-order chi connectivity index (χ1) is 6.52. The van der Waals surface area contributed by atoms with E-state index in [1.165, 1.54) is 22.3 Å². The predicted molar refractivity (Wildman–Crippen MR) is 62.1 cm³/mol. The molecule has 0 saturated heterocycles. The van der Waals surface area contributed by atoms with Crippen molar-refractivity contribution >= 4 is 11.6 Å². The number of hydrogen-bond donors (Lipinski definition) is 0. The zero-order valence-electron chi connectivity index (χ0n) is 9.26. The van der Waals surface area contributed by atoms with E-state index in [2.05, 4.69) is 39.8 Å². The highest BCUT2D eigenvalue weighted by Gasteiger charge is 2.34. The number of rotatable bonds is 0. The van der Waals surface area contributed by atoms with E-state index in [9.17, 15) is 0 Å². The Balaban J connectivity index is 2.63. The molecule has 0 amide bonds. The Labute approximate surface area is 91.3 Å². The van der Waals surface area contributed by atoms with Crippen LogP contribution in [0.2, 0.25) is 0 Å². The maximum absolute atomic E-state index is 6.45. The molecular formula is C13H17Cl. The van der Waals surface area contributed by atoms with Gasteiger partial charge in [0.25, 0.3) is 0 Å². The van der Waals surface area contributed by atoms with E-state index in [4.69, 9.17) is 11.6 Å². The first kappa shape index (κ1) is 10.0. The van der Waals surface area contributed by atoms with Gasteiger partial charge in [-0.2, -0.15) is 0 Å². The van der Waals surface area contributed by atoms with Gasteiger partial charge >= 0.3 is 0 Å². The average molecular weight is 209 g/mol. The van der Waals surface area contributed by atoms with Gasteiger partial charge in [0, 0.05) is 0 Å². The van der Waals surface area contributed by atoms with Crippen molar-refractivity contribution in [2.45, 2.75) is 39.0 Å². The Morgan fingerprint density at radius 1 is 1.14 bits per heavy atom. The molecule has 0 N–H and O–H groups in total. The standard InChI is InChI=1S/C13H17Cl/c1-7-5-8(2)12-11(6-7)9(3)10(4)13(12)14/h5-6,9-10,13H,1-4H3. The molecule has 3 atom stereocenters. The third-order valence-electron chi connectivity index (χ3n) is 3.58. The number of hydrogen-bond acceptors (Lipinski definition) is 0. The second kappa shape index (κ2) is 3.27. The lowest BCUT2D eigenvalue weighted by Gasteiger charge is -2.11. The van der Waals surface area contributed by atoms with Crippen molar-refractivity contribution in [2.75, 3.05) is 0 Å². The van der Waals surface area contributed by atoms with Crippen molar-refractivity contribution < 1.29 is 0 Å². The molecule has 76 valence electrons. The molecular weight excluding hydrogens is 192 g/mol. The Morgan fingerprint density at radius 3 is 2.43 bits per heavy atom. The number of halogens is 1. The maximum atomic E-state index is 6.45. The molecule has 14 heavy (non-hydrogen) atoms. The summed E-state index contributed by atoms with van der Waals surface area (Å²) in [6.45, 7) is 8.86. The lowest BCUT2D eigenvalue weighted by molar-refractivity contribution is 0.518. The average Bonchev–Trinajstić information content (AvgIpc) is 2.31. The minimum absolute atomic E-state index is 0.209. The molecule has 0 aromatic heterocycles. The molecule has 0 fully saturated rings. The van der Waals surface area contributed by atoms with Crippen LogP contribution in [0.3, 0.4) is 0 Å². The van der Waals surface area contributed by atoms with Crippen LogP contribution in [0.15, 0.2) is 12.1 Å². The smallest absolute Gasteiger partial charge is 0.0621 e. The van der Waals surface area contributed by atoms with Gasteiger partial charge in [-0.15, -0.1) is 11.6 Å². The molecule has 0 radical (unpaired) electrons. The molecule has 1 aromatic carbocycles. The summed E-state index contributed by atoms with van der Waals surface area (Å²) in [5.74, 6) is 1.17. The SMILES string of the molecule is Cc1cc(C)c2c(c1)C(C)C(C)C2Cl. The van der Waals surface area contributed by atoms with Gasteiger partial charge in [-0.05, 0) is 42.4 Å². The molecule has 0 saturated carbocycles. The molecule has 1 aliphatic carbocycles. The molecule has 1 aliphatic rings. The summed E-state index contributed by atoms with van der Waals surface area (Å²) in [6, 6.07) is 4.53. The molecule has 3 unspecified atom stereocenters. The zero-order valence-corrected chi connectivity index (χ0v) is 10.0. The highest BCUT2D eigenvalue weighted by molar-refractivity contribution is 6.21. The van der Waals surface area contributed by atoms with Crippen molar-refractivity contribution in [3.8, 4) is 0 Å². The molecule has 1 aromatic rings. The van der Waals surface area contributed by atoms with Gasteiger partial charge in [0.1, 0.15) is 0 Å². The minimum atomic E-state index is 0.209. The summed E-state index contributed by atoms with van der Waals surface area (Å²) < 4.78 is 0. The van der Waals surface area contributed by atoms with Crippen LogP contribution < -0.4 is 0 Å². The van der Waals surface area contributed by atoms with Crippen molar-refractivity contribution in [1.82, 2.24) is 0 Å². The molecule has 0 nitrogen and oxygen atoms in total. The predicted octanol–water partition coefficient (Wildman–Crippen LogP) is 4.34. The zero-order chi connectivity index (χ0) is 10.5. The largest absolute Gasteiger partial charge is 0.117 e. The molecule has 0 aliphatic heterocycles. The van der Waals surface area contributed by atoms with E-state index in [1.54, 1.807) is 0 Å². The third kappa shape index (κ3) is 1.28. The van der Waals surface area contributed by atoms with E-state index in [0.29, 0.717) is 11.8 Å². The fraction of sp³-hybridized carbons (Fsp3) is 0.538. The van der Waals surface area contributed by atoms with Crippen LogP contribution in [0, 0.1) is 19.8 Å². The monoisotopic (exact) mass is 208 g/mol. The summed E-state index contributed by atoms with van der Waals surface area (Å²) in [7, 11) is 0. The summed E-state index contributed by atoms with van der Waals surface area (Å²) in [4.78, 5) is 0. The molecule has 0 bridgehead atoms. The number of benzene rings is 1.